The first kappa shape index (κ1) is 24.4. The first-order chi connectivity index (χ1) is 17.1. The molecule has 1 atom stereocenters. The summed E-state index contributed by atoms with van der Waals surface area (Å²) in [6.07, 6.45) is 5.02. The van der Waals surface area contributed by atoms with Crippen LogP contribution in [0.3, 0.4) is 0 Å². The quantitative estimate of drug-likeness (QED) is 0.466. The second-order valence-corrected chi connectivity index (χ2v) is 13.8. The second-order valence-electron chi connectivity index (χ2n) is 10.7. The van der Waals surface area contributed by atoms with E-state index >= 15 is 0 Å². The van der Waals surface area contributed by atoms with Gasteiger partial charge in [-0.15, -0.1) is 0 Å². The fourth-order valence-electron chi connectivity index (χ4n) is 5.27. The summed E-state index contributed by atoms with van der Waals surface area (Å²) < 4.78 is 12.5. The van der Waals surface area contributed by atoms with E-state index in [1.54, 1.807) is 31.5 Å². The molecule has 9 heteroatoms. The van der Waals surface area contributed by atoms with Gasteiger partial charge in [0, 0.05) is 17.8 Å². The topological polar surface area (TPSA) is 107 Å². The number of likely N-dealkylation sites (N-methyl/N-ethyl adjacent to an activating group) is 1. The molecule has 2 N–H and O–H groups in total. The molecule has 5 rings (SSSR count). The highest BCUT2D eigenvalue weighted by Gasteiger charge is 2.39. The molecule has 0 fully saturated rings. The van der Waals surface area contributed by atoms with Gasteiger partial charge in [0.1, 0.15) is 30.0 Å². The zero-order valence-electron chi connectivity index (χ0n) is 21.5. The Labute approximate surface area is 212 Å². The molecule has 3 heterocycles. The summed E-state index contributed by atoms with van der Waals surface area (Å²) in [7, 11) is -0.315. The van der Waals surface area contributed by atoms with Crippen LogP contribution in [0.4, 0.5) is 23.3 Å². The predicted octanol–water partition coefficient (Wildman–Crippen LogP) is 5.08. The summed E-state index contributed by atoms with van der Waals surface area (Å²) in [5.74, 6) is 1.81. The molecule has 186 valence electrons. The van der Waals surface area contributed by atoms with Crippen molar-refractivity contribution in [1.29, 1.82) is 5.26 Å². The van der Waals surface area contributed by atoms with Crippen molar-refractivity contribution in [3.63, 3.8) is 0 Å². The van der Waals surface area contributed by atoms with Crippen LogP contribution in [-0.2, 0) is 16.5 Å². The van der Waals surface area contributed by atoms with Gasteiger partial charge in [0.15, 0.2) is 5.82 Å². The molecule has 0 saturated carbocycles. The van der Waals surface area contributed by atoms with E-state index in [4.69, 9.17) is 0 Å². The lowest BCUT2D eigenvalue weighted by Gasteiger charge is -2.47. The van der Waals surface area contributed by atoms with Gasteiger partial charge in [-0.05, 0) is 100 Å². The van der Waals surface area contributed by atoms with Crippen molar-refractivity contribution in [2.75, 3.05) is 37.6 Å². The van der Waals surface area contributed by atoms with Crippen molar-refractivity contribution >= 4 is 35.8 Å². The van der Waals surface area contributed by atoms with E-state index in [0.717, 1.165) is 18.7 Å². The van der Waals surface area contributed by atoms with E-state index in [2.05, 4.69) is 69.6 Å². The summed E-state index contributed by atoms with van der Waals surface area (Å²) in [4.78, 5) is 15.9. The van der Waals surface area contributed by atoms with E-state index in [1.807, 2.05) is 0 Å². The number of aryl methyl sites for hydroxylation is 1. The van der Waals surface area contributed by atoms with Gasteiger partial charge in [0.2, 0.25) is 5.95 Å². The maximum absolute atomic E-state index is 12.5. The number of aromatic nitrogens is 3. The zero-order valence-corrected chi connectivity index (χ0v) is 22.4. The molecule has 0 unspecified atom stereocenters. The van der Waals surface area contributed by atoms with Gasteiger partial charge in [-0.3, -0.25) is 4.90 Å². The number of pyridine rings is 1. The molecule has 0 amide bonds. The Morgan fingerprint density at radius 2 is 2.00 bits per heavy atom. The molecule has 8 nitrogen and oxygen atoms in total. The first-order valence-corrected chi connectivity index (χ1v) is 14.9. The number of nitriles is 1. The monoisotopic (exact) mass is 501 g/mol. The molecule has 0 radical (unpaired) electrons. The normalized spacial score (nSPS) is 18.7. The molecule has 1 aliphatic heterocycles. The van der Waals surface area contributed by atoms with Crippen LogP contribution in [0.2, 0.25) is 0 Å². The third-order valence-electron chi connectivity index (χ3n) is 7.48. The van der Waals surface area contributed by atoms with Crippen molar-refractivity contribution in [1.82, 2.24) is 19.9 Å². The third-order valence-corrected chi connectivity index (χ3v) is 8.83. The van der Waals surface area contributed by atoms with E-state index < -0.39 is 7.14 Å². The number of hydrogen-bond acceptors (Lipinski definition) is 8. The highest BCUT2D eigenvalue weighted by molar-refractivity contribution is 7.69. The van der Waals surface area contributed by atoms with Crippen LogP contribution in [0.5, 0.6) is 0 Å². The lowest BCUT2D eigenvalue weighted by molar-refractivity contribution is 0.122. The average Bonchev–Trinajstić information content (AvgIpc) is 2.83. The average molecular weight is 502 g/mol. The van der Waals surface area contributed by atoms with Gasteiger partial charge in [-0.25, -0.2) is 9.97 Å². The minimum atomic E-state index is -2.52. The van der Waals surface area contributed by atoms with Crippen molar-refractivity contribution in [2.24, 2.45) is 0 Å². The number of hydrogen-bond donors (Lipinski definition) is 2. The smallest absolute Gasteiger partial charge is 0.229 e. The highest BCUT2D eigenvalue weighted by Crippen LogP contribution is 2.46. The Bertz CT molecular complexity index is 1420. The minimum Gasteiger partial charge on any atom is -0.324 e. The standard InChI is InChI=1S/C27H32N7OP/c1-27(2)21-13-20(12-17-8-6-9-18(24(17)21)16-34(27)3)30-26-29-15-19(14-28)25(33-26)32-22-10-7-11-23(31-22)36(4,5)35/h7,10-13,15,18H,6,8-9,16H2,1-5H3,(H2,29,30,31,32,33)/t18-/m0/s1. The second kappa shape index (κ2) is 8.99. The summed E-state index contributed by atoms with van der Waals surface area (Å²) in [5.41, 5.74) is 5.99. The van der Waals surface area contributed by atoms with Gasteiger partial charge >= 0.3 is 0 Å². The fraction of sp³-hybridized carbons (Fsp3) is 0.407. The van der Waals surface area contributed by atoms with Crippen LogP contribution in [0, 0.1) is 11.3 Å². The zero-order chi connectivity index (χ0) is 25.7. The van der Waals surface area contributed by atoms with Crippen molar-refractivity contribution in [3.8, 4) is 6.07 Å². The molecule has 2 aliphatic rings. The van der Waals surface area contributed by atoms with Crippen LogP contribution in [0.25, 0.3) is 0 Å². The van der Waals surface area contributed by atoms with Gasteiger partial charge in [0.25, 0.3) is 0 Å². The van der Waals surface area contributed by atoms with Gasteiger partial charge in [-0.1, -0.05) is 6.07 Å². The Balaban J connectivity index is 1.48. The summed E-state index contributed by atoms with van der Waals surface area (Å²) >= 11 is 0. The highest BCUT2D eigenvalue weighted by atomic mass is 31.2. The van der Waals surface area contributed by atoms with Crippen molar-refractivity contribution in [2.45, 2.75) is 44.6 Å². The molecule has 0 bridgehead atoms. The third kappa shape index (κ3) is 4.50. The molecular formula is C27H32N7OP. The number of benzene rings is 1. The lowest BCUT2D eigenvalue weighted by Crippen LogP contribution is -2.46. The molecule has 1 aliphatic carbocycles. The SMILES string of the molecule is CN1C[C@@H]2CCCc3cc(Nc4ncc(C#N)c(Nc5cccc(P(C)(C)=O)n5)n4)cc(c32)C1(C)C. The Kier molecular flexibility index (Phi) is 6.10. The maximum Gasteiger partial charge on any atom is 0.229 e. The molecular weight excluding hydrogens is 469 g/mol. The molecule has 2 aromatic heterocycles. The van der Waals surface area contributed by atoms with Gasteiger partial charge < -0.3 is 15.2 Å². The van der Waals surface area contributed by atoms with Crippen LogP contribution in [0.15, 0.2) is 36.5 Å². The van der Waals surface area contributed by atoms with Crippen molar-refractivity contribution < 1.29 is 4.57 Å². The number of rotatable bonds is 5. The number of anilines is 4. The Morgan fingerprint density at radius 3 is 2.75 bits per heavy atom. The number of nitrogens with zero attached hydrogens (tertiary/aromatic N) is 5. The molecule has 0 spiro atoms. The maximum atomic E-state index is 12.5. The van der Waals surface area contributed by atoms with E-state index in [0.29, 0.717) is 34.5 Å². The van der Waals surface area contributed by atoms with Crippen LogP contribution in [-0.4, -0.2) is 46.8 Å². The van der Waals surface area contributed by atoms with Crippen LogP contribution >= 0.6 is 7.14 Å². The fourth-order valence-corrected chi connectivity index (χ4v) is 6.07. The summed E-state index contributed by atoms with van der Waals surface area (Å²) in [5, 5.41) is 16.1. The molecule has 36 heavy (non-hydrogen) atoms. The van der Waals surface area contributed by atoms with Crippen molar-refractivity contribution in [3.05, 3.63) is 58.8 Å². The van der Waals surface area contributed by atoms with Crippen LogP contribution < -0.4 is 16.1 Å². The minimum absolute atomic E-state index is 0.0669. The van der Waals surface area contributed by atoms with Gasteiger partial charge in [-0.2, -0.15) is 10.2 Å². The predicted molar refractivity (Wildman–Crippen MR) is 144 cm³/mol. The largest absolute Gasteiger partial charge is 0.324 e. The number of nitrogens with one attached hydrogen (secondary N) is 2. The van der Waals surface area contributed by atoms with Crippen LogP contribution in [0.1, 0.15) is 54.9 Å². The Morgan fingerprint density at radius 1 is 1.19 bits per heavy atom. The first-order valence-electron chi connectivity index (χ1n) is 12.3. The molecule has 1 aromatic carbocycles. The molecule has 3 aromatic rings. The van der Waals surface area contributed by atoms with Gasteiger partial charge in [0.05, 0.1) is 6.20 Å². The lowest BCUT2D eigenvalue weighted by atomic mass is 9.71. The van der Waals surface area contributed by atoms with E-state index in [1.165, 1.54) is 35.7 Å². The summed E-state index contributed by atoms with van der Waals surface area (Å²) in [6, 6.07) is 11.9. The van der Waals surface area contributed by atoms with E-state index in [9.17, 15) is 9.83 Å². The Hall–Kier alpha value is -3.27. The van der Waals surface area contributed by atoms with E-state index in [-0.39, 0.29) is 5.54 Å². The molecule has 0 saturated heterocycles. The summed E-state index contributed by atoms with van der Waals surface area (Å²) in [6.45, 7) is 9.02.